The van der Waals surface area contributed by atoms with Crippen LogP contribution in [0.5, 0.6) is 0 Å². The molecule has 1 aliphatic rings. The molecule has 90 valence electrons. The molecule has 17 heavy (non-hydrogen) atoms. The van der Waals surface area contributed by atoms with E-state index in [2.05, 4.69) is 4.98 Å². The maximum atomic E-state index is 10.1. The topological polar surface area (TPSA) is 38.1 Å². The maximum Gasteiger partial charge on any atom is 0.154 e. The average molecular weight is 289 g/mol. The molecule has 3 rings (SSSR count). The van der Waals surface area contributed by atoms with Gasteiger partial charge in [-0.3, -0.25) is 4.57 Å². The lowest BCUT2D eigenvalue weighted by atomic mass is 10.1. The van der Waals surface area contributed by atoms with Gasteiger partial charge in [-0.05, 0) is 31.4 Å². The van der Waals surface area contributed by atoms with Crippen LogP contribution >= 0.6 is 34.5 Å². The Kier molecular flexibility index (Phi) is 2.91. The Morgan fingerprint density at radius 3 is 2.94 bits per heavy atom. The quantitative estimate of drug-likeness (QED) is 0.868. The Labute approximate surface area is 113 Å². The summed E-state index contributed by atoms with van der Waals surface area (Å²) < 4.78 is 2.53. The summed E-state index contributed by atoms with van der Waals surface area (Å²) in [5.74, 6) is 0.717. The molecule has 0 saturated heterocycles. The Hall–Kier alpha value is -0.550. The molecular weight excluding hydrogens is 279 g/mol. The van der Waals surface area contributed by atoms with Gasteiger partial charge in [0.05, 0.1) is 14.9 Å². The SMILES string of the molecule is OC1CCCc2c(Cl)nc(-c3ccc(Cl)s3)n21. The Morgan fingerprint density at radius 1 is 1.41 bits per heavy atom. The zero-order chi connectivity index (χ0) is 12.0. The van der Waals surface area contributed by atoms with Gasteiger partial charge in [0.1, 0.15) is 6.23 Å². The van der Waals surface area contributed by atoms with Crippen LogP contribution in [0.3, 0.4) is 0 Å². The van der Waals surface area contributed by atoms with Crippen molar-refractivity contribution < 1.29 is 5.11 Å². The molecule has 1 N–H and O–H groups in total. The highest BCUT2D eigenvalue weighted by molar-refractivity contribution is 7.19. The van der Waals surface area contributed by atoms with Crippen LogP contribution in [0.25, 0.3) is 10.7 Å². The molecule has 2 aromatic rings. The van der Waals surface area contributed by atoms with Crippen molar-refractivity contribution >= 4 is 34.5 Å². The molecule has 1 atom stereocenters. The molecule has 2 aromatic heterocycles. The van der Waals surface area contributed by atoms with Crippen LogP contribution in [0.1, 0.15) is 24.8 Å². The molecule has 6 heteroatoms. The highest BCUT2D eigenvalue weighted by Crippen LogP contribution is 2.37. The first-order valence-electron chi connectivity index (χ1n) is 5.37. The standard InChI is InChI=1S/C11H10Cl2N2OS/c12-8-5-4-7(17-8)11-14-10(13)6-2-1-3-9(16)15(6)11/h4-5,9,16H,1-3H2. The van der Waals surface area contributed by atoms with E-state index in [-0.39, 0.29) is 0 Å². The van der Waals surface area contributed by atoms with Gasteiger partial charge in [-0.25, -0.2) is 4.98 Å². The third-order valence-electron chi connectivity index (χ3n) is 2.93. The van der Waals surface area contributed by atoms with E-state index in [1.807, 2.05) is 16.7 Å². The van der Waals surface area contributed by atoms with Crippen molar-refractivity contribution in [2.45, 2.75) is 25.5 Å². The molecule has 3 nitrogen and oxygen atoms in total. The fourth-order valence-corrected chi connectivity index (χ4v) is 3.47. The molecule has 3 heterocycles. The predicted octanol–water partition coefficient (Wildman–Crippen LogP) is 3.75. The van der Waals surface area contributed by atoms with E-state index in [9.17, 15) is 5.11 Å². The second-order valence-corrected chi connectivity index (χ2v) is 6.09. The van der Waals surface area contributed by atoms with Crippen molar-refractivity contribution in [3.63, 3.8) is 0 Å². The lowest BCUT2D eigenvalue weighted by Crippen LogP contribution is -2.17. The summed E-state index contributed by atoms with van der Waals surface area (Å²) in [5.41, 5.74) is 0.921. The first kappa shape index (κ1) is 11.5. The van der Waals surface area contributed by atoms with E-state index in [0.29, 0.717) is 15.3 Å². The first-order chi connectivity index (χ1) is 8.16. The molecule has 1 unspecified atom stereocenters. The summed E-state index contributed by atoms with van der Waals surface area (Å²) in [6, 6.07) is 3.73. The van der Waals surface area contributed by atoms with Crippen LogP contribution in [-0.4, -0.2) is 14.7 Å². The third kappa shape index (κ3) is 1.89. The summed E-state index contributed by atoms with van der Waals surface area (Å²) in [7, 11) is 0. The number of hydrogen-bond acceptors (Lipinski definition) is 3. The molecule has 0 radical (unpaired) electrons. The minimum Gasteiger partial charge on any atom is -0.373 e. The van der Waals surface area contributed by atoms with Gasteiger partial charge in [0.25, 0.3) is 0 Å². The Bertz CT molecular complexity index is 564. The van der Waals surface area contributed by atoms with Crippen molar-refractivity contribution in [1.82, 2.24) is 9.55 Å². The van der Waals surface area contributed by atoms with E-state index < -0.39 is 6.23 Å². The molecule has 1 aliphatic heterocycles. The lowest BCUT2D eigenvalue weighted by molar-refractivity contribution is 0.0807. The molecule has 0 fully saturated rings. The van der Waals surface area contributed by atoms with Crippen LogP contribution in [0, 0.1) is 0 Å². The number of hydrogen-bond donors (Lipinski definition) is 1. The van der Waals surface area contributed by atoms with E-state index in [4.69, 9.17) is 23.2 Å². The number of halogens is 2. The highest BCUT2D eigenvalue weighted by atomic mass is 35.5. The molecule has 0 aliphatic carbocycles. The monoisotopic (exact) mass is 288 g/mol. The van der Waals surface area contributed by atoms with Crippen molar-refractivity contribution in [2.75, 3.05) is 0 Å². The number of aliphatic hydroxyl groups is 1. The number of rotatable bonds is 1. The van der Waals surface area contributed by atoms with Crippen molar-refractivity contribution in [3.05, 3.63) is 27.3 Å². The second kappa shape index (κ2) is 4.28. The zero-order valence-corrected chi connectivity index (χ0v) is 11.2. The van der Waals surface area contributed by atoms with Crippen molar-refractivity contribution in [1.29, 1.82) is 0 Å². The molecule has 0 saturated carbocycles. The van der Waals surface area contributed by atoms with E-state index in [0.717, 1.165) is 29.8 Å². The van der Waals surface area contributed by atoms with Crippen LogP contribution in [0.15, 0.2) is 12.1 Å². The molecule has 0 bridgehead atoms. The van der Waals surface area contributed by atoms with Gasteiger partial charge in [0.2, 0.25) is 0 Å². The number of thiophene rings is 1. The summed E-state index contributed by atoms with van der Waals surface area (Å²) in [6.45, 7) is 0. The fraction of sp³-hybridized carbons (Fsp3) is 0.364. The fourth-order valence-electron chi connectivity index (χ4n) is 2.17. The minimum absolute atomic E-state index is 0.489. The van der Waals surface area contributed by atoms with Gasteiger partial charge in [-0.1, -0.05) is 23.2 Å². The Balaban J connectivity index is 2.18. The molecule has 0 aromatic carbocycles. The van der Waals surface area contributed by atoms with Gasteiger partial charge in [0.15, 0.2) is 11.0 Å². The average Bonchev–Trinajstić information content (AvgIpc) is 2.85. The summed E-state index contributed by atoms with van der Waals surface area (Å²) in [6.07, 6.45) is 2.01. The predicted molar refractivity (Wildman–Crippen MR) is 69.8 cm³/mol. The van der Waals surface area contributed by atoms with E-state index >= 15 is 0 Å². The van der Waals surface area contributed by atoms with Gasteiger partial charge in [0, 0.05) is 0 Å². The number of aliphatic hydroxyl groups excluding tert-OH is 1. The van der Waals surface area contributed by atoms with E-state index in [1.54, 1.807) is 0 Å². The van der Waals surface area contributed by atoms with Crippen LogP contribution in [0.4, 0.5) is 0 Å². The summed E-state index contributed by atoms with van der Waals surface area (Å²) in [4.78, 5) is 5.28. The van der Waals surface area contributed by atoms with Gasteiger partial charge < -0.3 is 5.11 Å². The maximum absolute atomic E-state index is 10.1. The molecule has 0 amide bonds. The number of fused-ring (bicyclic) bond motifs is 1. The van der Waals surface area contributed by atoms with Gasteiger partial charge in [-0.15, -0.1) is 11.3 Å². The summed E-state index contributed by atoms with van der Waals surface area (Å²) >= 11 is 13.5. The van der Waals surface area contributed by atoms with Gasteiger partial charge in [-0.2, -0.15) is 0 Å². The molecular formula is C11H10Cl2N2OS. The number of imidazole rings is 1. The summed E-state index contributed by atoms with van der Waals surface area (Å²) in [5, 5.41) is 10.5. The second-order valence-electron chi connectivity index (χ2n) is 4.02. The smallest absolute Gasteiger partial charge is 0.154 e. The third-order valence-corrected chi connectivity index (χ3v) is 4.46. The van der Waals surface area contributed by atoms with Crippen LogP contribution in [0.2, 0.25) is 9.49 Å². The highest BCUT2D eigenvalue weighted by Gasteiger charge is 2.26. The molecule has 0 spiro atoms. The van der Waals surface area contributed by atoms with Crippen molar-refractivity contribution in [2.24, 2.45) is 0 Å². The number of nitrogens with zero attached hydrogens (tertiary/aromatic N) is 2. The minimum atomic E-state index is -0.533. The van der Waals surface area contributed by atoms with Gasteiger partial charge >= 0.3 is 0 Å². The normalized spacial score (nSPS) is 19.4. The lowest BCUT2D eigenvalue weighted by Gasteiger charge is -2.22. The van der Waals surface area contributed by atoms with Crippen LogP contribution < -0.4 is 0 Å². The van der Waals surface area contributed by atoms with Crippen LogP contribution in [-0.2, 0) is 6.42 Å². The van der Waals surface area contributed by atoms with Crippen molar-refractivity contribution in [3.8, 4) is 10.7 Å². The first-order valence-corrected chi connectivity index (χ1v) is 6.94. The Morgan fingerprint density at radius 2 is 2.24 bits per heavy atom. The zero-order valence-electron chi connectivity index (χ0n) is 8.86. The van der Waals surface area contributed by atoms with E-state index in [1.165, 1.54) is 11.3 Å². The number of aromatic nitrogens is 2. The largest absolute Gasteiger partial charge is 0.373 e.